The largest absolute Gasteiger partial charge is 0.300 e. The highest BCUT2D eigenvalue weighted by Gasteiger charge is 2.41. The molecule has 0 aromatic carbocycles. The summed E-state index contributed by atoms with van der Waals surface area (Å²) in [5, 5.41) is 0. The minimum Gasteiger partial charge on any atom is -0.300 e. The molecule has 2 saturated heterocycles. The topological polar surface area (TPSA) is 20.3 Å². The molecular weight excluding hydrogens is 150 g/mol. The van der Waals surface area contributed by atoms with Gasteiger partial charge in [-0.25, -0.2) is 0 Å². The first-order valence-electron chi connectivity index (χ1n) is 4.88. The molecule has 0 N–H and O–H groups in total. The van der Waals surface area contributed by atoms with Crippen molar-refractivity contribution >= 4 is 5.78 Å². The first-order chi connectivity index (χ1) is 5.59. The Balaban J connectivity index is 2.13. The molecule has 2 aliphatic rings. The highest BCUT2D eigenvalue weighted by molar-refractivity contribution is 5.80. The number of carbonyl (C=O) groups excluding carboxylic acids is 1. The van der Waals surface area contributed by atoms with Crippen molar-refractivity contribution in [1.82, 2.24) is 4.90 Å². The lowest BCUT2D eigenvalue weighted by molar-refractivity contribution is -0.123. The minimum atomic E-state index is 0.353. The van der Waals surface area contributed by atoms with E-state index in [9.17, 15) is 4.79 Å². The van der Waals surface area contributed by atoms with Gasteiger partial charge in [-0.15, -0.1) is 0 Å². The van der Waals surface area contributed by atoms with Crippen LogP contribution >= 0.6 is 0 Å². The molecule has 0 amide bonds. The lowest BCUT2D eigenvalue weighted by Gasteiger charge is -2.38. The van der Waals surface area contributed by atoms with Crippen molar-refractivity contribution in [3.63, 3.8) is 0 Å². The summed E-state index contributed by atoms with van der Waals surface area (Å²) < 4.78 is 0. The highest BCUT2D eigenvalue weighted by Crippen LogP contribution is 2.37. The van der Waals surface area contributed by atoms with Crippen molar-refractivity contribution < 1.29 is 4.79 Å². The van der Waals surface area contributed by atoms with Gasteiger partial charge in [0.05, 0.1) is 0 Å². The van der Waals surface area contributed by atoms with Crippen LogP contribution in [0.15, 0.2) is 0 Å². The smallest absolute Gasteiger partial charge is 0.135 e. The third kappa shape index (κ3) is 1.18. The second kappa shape index (κ2) is 2.56. The van der Waals surface area contributed by atoms with Crippen molar-refractivity contribution in [2.75, 3.05) is 6.54 Å². The SMILES string of the molecule is CC1(C)CCC2CC(=O)CCN21. The highest BCUT2D eigenvalue weighted by atomic mass is 16.1. The number of hydrogen-bond donors (Lipinski definition) is 0. The molecule has 2 fully saturated rings. The van der Waals surface area contributed by atoms with Gasteiger partial charge in [-0.1, -0.05) is 0 Å². The van der Waals surface area contributed by atoms with Gasteiger partial charge in [-0.2, -0.15) is 0 Å². The fourth-order valence-corrected chi connectivity index (χ4v) is 2.62. The molecule has 0 saturated carbocycles. The van der Waals surface area contributed by atoms with E-state index in [1.54, 1.807) is 0 Å². The van der Waals surface area contributed by atoms with E-state index < -0.39 is 0 Å². The van der Waals surface area contributed by atoms with Crippen LogP contribution in [0.4, 0.5) is 0 Å². The standard InChI is InChI=1S/C10H17NO/c1-10(2)5-3-8-7-9(12)4-6-11(8)10/h8H,3-7H2,1-2H3. The van der Waals surface area contributed by atoms with Crippen molar-refractivity contribution in [3.05, 3.63) is 0 Å². The molecule has 1 atom stereocenters. The first-order valence-corrected chi connectivity index (χ1v) is 4.88. The second-order valence-corrected chi connectivity index (χ2v) is 4.69. The number of carbonyl (C=O) groups is 1. The van der Waals surface area contributed by atoms with Crippen LogP contribution in [0, 0.1) is 0 Å². The van der Waals surface area contributed by atoms with Crippen LogP contribution in [0.1, 0.15) is 39.5 Å². The van der Waals surface area contributed by atoms with Crippen molar-refractivity contribution in [3.8, 4) is 0 Å². The summed E-state index contributed by atoms with van der Waals surface area (Å²) in [6.07, 6.45) is 4.06. The zero-order valence-corrected chi connectivity index (χ0v) is 7.97. The van der Waals surface area contributed by atoms with E-state index in [1.165, 1.54) is 12.8 Å². The maximum Gasteiger partial charge on any atom is 0.135 e. The van der Waals surface area contributed by atoms with E-state index in [0.29, 0.717) is 17.4 Å². The predicted octanol–water partition coefficient (Wildman–Crippen LogP) is 1.59. The summed E-state index contributed by atoms with van der Waals surface area (Å²) in [6, 6.07) is 0.571. The van der Waals surface area contributed by atoms with Crippen LogP contribution in [0.25, 0.3) is 0 Å². The van der Waals surface area contributed by atoms with Crippen LogP contribution in [0.3, 0.4) is 0 Å². The van der Waals surface area contributed by atoms with Crippen molar-refractivity contribution in [2.45, 2.75) is 51.1 Å². The van der Waals surface area contributed by atoms with Gasteiger partial charge in [0.1, 0.15) is 5.78 Å². The zero-order valence-electron chi connectivity index (χ0n) is 7.97. The summed E-state index contributed by atoms with van der Waals surface area (Å²) in [5.74, 6) is 0.467. The Labute approximate surface area is 73.9 Å². The molecule has 12 heavy (non-hydrogen) atoms. The number of nitrogens with zero attached hydrogens (tertiary/aromatic N) is 1. The molecule has 2 rings (SSSR count). The van der Waals surface area contributed by atoms with Gasteiger partial charge in [0.25, 0.3) is 0 Å². The van der Waals surface area contributed by atoms with E-state index in [2.05, 4.69) is 18.7 Å². The molecule has 0 spiro atoms. The molecule has 2 heterocycles. The Morgan fingerprint density at radius 1 is 1.50 bits per heavy atom. The maximum atomic E-state index is 11.2. The van der Waals surface area contributed by atoms with Gasteiger partial charge in [-0.05, 0) is 26.7 Å². The van der Waals surface area contributed by atoms with Gasteiger partial charge < -0.3 is 0 Å². The monoisotopic (exact) mass is 167 g/mol. The van der Waals surface area contributed by atoms with E-state index in [1.807, 2.05) is 0 Å². The first kappa shape index (κ1) is 8.24. The Morgan fingerprint density at radius 3 is 3.00 bits per heavy atom. The minimum absolute atomic E-state index is 0.353. The van der Waals surface area contributed by atoms with Crippen LogP contribution < -0.4 is 0 Å². The summed E-state index contributed by atoms with van der Waals surface area (Å²) in [7, 11) is 0. The van der Waals surface area contributed by atoms with Crippen LogP contribution in [0.2, 0.25) is 0 Å². The molecular formula is C10H17NO. The average Bonchev–Trinajstić information content (AvgIpc) is 2.27. The molecule has 2 heteroatoms. The number of rotatable bonds is 0. The number of hydrogen-bond acceptors (Lipinski definition) is 2. The fourth-order valence-electron chi connectivity index (χ4n) is 2.62. The molecule has 0 aromatic rings. The van der Waals surface area contributed by atoms with Gasteiger partial charge in [0.2, 0.25) is 0 Å². The predicted molar refractivity (Wildman–Crippen MR) is 48.0 cm³/mol. The number of Topliss-reactive ketones (excluding diaryl/α,β-unsaturated/α-hetero) is 1. The van der Waals surface area contributed by atoms with Gasteiger partial charge in [0.15, 0.2) is 0 Å². The molecule has 0 bridgehead atoms. The summed E-state index contributed by atoms with van der Waals surface area (Å²) in [5.41, 5.74) is 0.353. The Bertz CT molecular complexity index is 210. The Hall–Kier alpha value is -0.370. The lowest BCUT2D eigenvalue weighted by Crippen LogP contribution is -2.47. The second-order valence-electron chi connectivity index (χ2n) is 4.69. The fraction of sp³-hybridized carbons (Fsp3) is 0.900. The normalized spacial score (nSPS) is 35.2. The Morgan fingerprint density at radius 2 is 2.25 bits per heavy atom. The maximum absolute atomic E-state index is 11.2. The summed E-state index contributed by atoms with van der Waals surface area (Å²) >= 11 is 0. The van der Waals surface area contributed by atoms with Crippen molar-refractivity contribution in [1.29, 1.82) is 0 Å². The van der Waals surface area contributed by atoms with Crippen LogP contribution in [-0.4, -0.2) is 28.8 Å². The molecule has 2 aliphatic heterocycles. The van der Waals surface area contributed by atoms with E-state index in [0.717, 1.165) is 19.4 Å². The van der Waals surface area contributed by atoms with E-state index >= 15 is 0 Å². The molecule has 0 radical (unpaired) electrons. The average molecular weight is 167 g/mol. The van der Waals surface area contributed by atoms with Gasteiger partial charge in [-0.3, -0.25) is 9.69 Å². The number of piperidine rings is 1. The third-order valence-electron chi connectivity index (χ3n) is 3.40. The third-order valence-corrected chi connectivity index (χ3v) is 3.40. The number of fused-ring (bicyclic) bond motifs is 1. The lowest BCUT2D eigenvalue weighted by atomic mass is 10.0. The molecule has 1 unspecified atom stereocenters. The van der Waals surface area contributed by atoms with Gasteiger partial charge in [0, 0.05) is 31.0 Å². The molecule has 0 aliphatic carbocycles. The summed E-state index contributed by atoms with van der Waals surface area (Å²) in [4.78, 5) is 13.7. The van der Waals surface area contributed by atoms with Crippen LogP contribution in [-0.2, 0) is 4.79 Å². The van der Waals surface area contributed by atoms with E-state index in [-0.39, 0.29) is 0 Å². The van der Waals surface area contributed by atoms with E-state index in [4.69, 9.17) is 0 Å². The summed E-state index contributed by atoms with van der Waals surface area (Å²) in [6.45, 7) is 5.59. The quantitative estimate of drug-likeness (QED) is 0.546. The Kier molecular flexibility index (Phi) is 1.76. The zero-order chi connectivity index (χ0) is 8.77. The molecule has 68 valence electrons. The number of ketones is 1. The van der Waals surface area contributed by atoms with Gasteiger partial charge >= 0.3 is 0 Å². The van der Waals surface area contributed by atoms with Crippen molar-refractivity contribution in [2.24, 2.45) is 0 Å². The molecule has 0 aromatic heterocycles. The molecule has 2 nitrogen and oxygen atoms in total. The van der Waals surface area contributed by atoms with Crippen LogP contribution in [0.5, 0.6) is 0 Å².